The molecule has 1 aliphatic carbocycles. The fourth-order valence-electron chi connectivity index (χ4n) is 3.03. The molecule has 0 saturated heterocycles. The lowest BCUT2D eigenvalue weighted by atomic mass is 9.84. The summed E-state index contributed by atoms with van der Waals surface area (Å²) in [6.45, 7) is 0.418. The fourth-order valence-corrected chi connectivity index (χ4v) is 3.26. The van der Waals surface area contributed by atoms with Crippen molar-refractivity contribution >= 4 is 29.9 Å². The van der Waals surface area contributed by atoms with E-state index in [1.807, 2.05) is 0 Å². The molecule has 3 nitrogen and oxygen atoms in total. The Morgan fingerprint density at radius 1 is 1.36 bits per heavy atom. The first kappa shape index (κ1) is 19.2. The molecule has 3 N–H and O–H groups in total. The summed E-state index contributed by atoms with van der Waals surface area (Å²) in [6, 6.07) is 4.41. The van der Waals surface area contributed by atoms with Crippen LogP contribution in [0.4, 0.5) is 4.39 Å². The average Bonchev–Trinajstić information content (AvgIpc) is 2.49. The number of halogens is 3. The summed E-state index contributed by atoms with van der Waals surface area (Å²) < 4.78 is 13.7. The van der Waals surface area contributed by atoms with Crippen LogP contribution in [0.5, 0.6) is 0 Å². The molecule has 1 aliphatic rings. The number of hydrogen-bond donors (Lipinski definition) is 2. The fraction of sp³-hybridized carbons (Fsp3) is 0.562. The number of benzene rings is 1. The molecule has 0 heterocycles. The Kier molecular flexibility index (Phi) is 8.15. The van der Waals surface area contributed by atoms with Crippen molar-refractivity contribution in [2.24, 2.45) is 11.7 Å². The third kappa shape index (κ3) is 5.11. The van der Waals surface area contributed by atoms with E-state index in [0.717, 1.165) is 12.8 Å². The maximum absolute atomic E-state index is 13.7. The highest BCUT2D eigenvalue weighted by Gasteiger charge is 2.24. The second-order valence-electron chi connectivity index (χ2n) is 5.68. The molecule has 2 rings (SSSR count). The predicted molar refractivity (Wildman–Crippen MR) is 89.9 cm³/mol. The zero-order valence-electron chi connectivity index (χ0n) is 12.5. The molecule has 1 saturated carbocycles. The summed E-state index contributed by atoms with van der Waals surface area (Å²) in [5.41, 5.74) is 6.04. The van der Waals surface area contributed by atoms with Crippen molar-refractivity contribution in [2.75, 3.05) is 6.54 Å². The quantitative estimate of drug-likeness (QED) is 0.855. The lowest BCUT2D eigenvalue weighted by Gasteiger charge is -2.30. The largest absolute Gasteiger partial charge is 0.352 e. The average molecular weight is 349 g/mol. The maximum atomic E-state index is 13.7. The van der Waals surface area contributed by atoms with E-state index >= 15 is 0 Å². The number of nitrogens with one attached hydrogen (secondary N) is 1. The lowest BCUT2D eigenvalue weighted by Crippen LogP contribution is -2.46. The van der Waals surface area contributed by atoms with Gasteiger partial charge >= 0.3 is 0 Å². The van der Waals surface area contributed by atoms with Gasteiger partial charge in [-0.15, -0.1) is 12.4 Å². The lowest BCUT2D eigenvalue weighted by molar-refractivity contribution is -0.121. The van der Waals surface area contributed by atoms with Gasteiger partial charge in [0.2, 0.25) is 5.91 Å². The van der Waals surface area contributed by atoms with Crippen molar-refractivity contribution in [3.8, 4) is 0 Å². The van der Waals surface area contributed by atoms with Gasteiger partial charge in [-0.2, -0.15) is 0 Å². The first-order valence-electron chi connectivity index (χ1n) is 7.54. The van der Waals surface area contributed by atoms with Crippen LogP contribution >= 0.6 is 24.0 Å². The zero-order chi connectivity index (χ0) is 15.2. The summed E-state index contributed by atoms with van der Waals surface area (Å²) >= 11 is 5.95. The van der Waals surface area contributed by atoms with Crippen LogP contribution in [0.15, 0.2) is 18.2 Å². The van der Waals surface area contributed by atoms with Crippen LogP contribution in [0, 0.1) is 11.7 Å². The molecule has 0 radical (unpaired) electrons. The predicted octanol–water partition coefficient (Wildman–Crippen LogP) is 3.47. The van der Waals surface area contributed by atoms with Gasteiger partial charge in [0.05, 0.1) is 6.42 Å². The molecular weight excluding hydrogens is 326 g/mol. The first-order chi connectivity index (χ1) is 10.1. The monoisotopic (exact) mass is 348 g/mol. The molecule has 0 aromatic heterocycles. The van der Waals surface area contributed by atoms with Crippen molar-refractivity contribution < 1.29 is 9.18 Å². The number of hydrogen-bond acceptors (Lipinski definition) is 2. The Bertz CT molecular complexity index is 473. The Labute approximate surface area is 142 Å². The van der Waals surface area contributed by atoms with Gasteiger partial charge in [0, 0.05) is 23.2 Å². The number of carbonyl (C=O) groups is 1. The standard InChI is InChI=1S/C16H22ClFN2O.ClH/c17-13-7-4-8-14(18)12(13)9-16(21)20-15(10-19)11-5-2-1-3-6-11;/h4,7-8,11,15H,1-3,5-6,9-10,19H2,(H,20,21);1H. The molecule has 1 atom stereocenters. The van der Waals surface area contributed by atoms with Gasteiger partial charge in [-0.25, -0.2) is 4.39 Å². The van der Waals surface area contributed by atoms with Crippen LogP contribution in [0.25, 0.3) is 0 Å². The maximum Gasteiger partial charge on any atom is 0.224 e. The van der Waals surface area contributed by atoms with Crippen LogP contribution in [0.3, 0.4) is 0 Å². The zero-order valence-corrected chi connectivity index (χ0v) is 14.1. The SMILES string of the molecule is Cl.NCC(NC(=O)Cc1c(F)cccc1Cl)C1CCCCC1. The van der Waals surface area contributed by atoms with Crippen LogP contribution < -0.4 is 11.1 Å². The van der Waals surface area contributed by atoms with Gasteiger partial charge in [-0.05, 0) is 30.9 Å². The minimum Gasteiger partial charge on any atom is -0.352 e. The van der Waals surface area contributed by atoms with E-state index in [2.05, 4.69) is 5.32 Å². The van der Waals surface area contributed by atoms with Gasteiger partial charge < -0.3 is 11.1 Å². The van der Waals surface area contributed by atoms with Crippen LogP contribution in [-0.2, 0) is 11.2 Å². The smallest absolute Gasteiger partial charge is 0.224 e. The molecular formula is C16H23Cl2FN2O. The molecule has 1 unspecified atom stereocenters. The van der Waals surface area contributed by atoms with Crippen LogP contribution in [0.1, 0.15) is 37.7 Å². The van der Waals surface area contributed by atoms with Crippen molar-refractivity contribution in [2.45, 2.75) is 44.6 Å². The molecule has 1 aromatic rings. The third-order valence-electron chi connectivity index (χ3n) is 4.22. The molecule has 22 heavy (non-hydrogen) atoms. The van der Waals surface area contributed by atoms with Gasteiger partial charge in [-0.1, -0.05) is 36.9 Å². The summed E-state index contributed by atoms with van der Waals surface area (Å²) in [5, 5.41) is 3.23. The van der Waals surface area contributed by atoms with E-state index in [9.17, 15) is 9.18 Å². The van der Waals surface area contributed by atoms with E-state index in [1.54, 1.807) is 6.07 Å². The van der Waals surface area contributed by atoms with E-state index in [1.165, 1.54) is 31.4 Å². The normalized spacial score (nSPS) is 16.7. The number of nitrogens with two attached hydrogens (primary N) is 1. The van der Waals surface area contributed by atoms with Crippen LogP contribution in [-0.4, -0.2) is 18.5 Å². The summed E-state index contributed by atoms with van der Waals surface area (Å²) in [5.74, 6) is -0.230. The van der Waals surface area contributed by atoms with E-state index in [0.29, 0.717) is 12.5 Å². The molecule has 0 bridgehead atoms. The highest BCUT2D eigenvalue weighted by Crippen LogP contribution is 2.26. The Morgan fingerprint density at radius 3 is 2.64 bits per heavy atom. The molecule has 0 aliphatic heterocycles. The second-order valence-corrected chi connectivity index (χ2v) is 6.09. The van der Waals surface area contributed by atoms with Gasteiger partial charge in [0.15, 0.2) is 0 Å². The number of amides is 1. The van der Waals surface area contributed by atoms with E-state index in [4.69, 9.17) is 17.3 Å². The Balaban J connectivity index is 0.00000242. The number of carbonyl (C=O) groups excluding carboxylic acids is 1. The summed E-state index contributed by atoms with van der Waals surface area (Å²) in [4.78, 5) is 12.1. The molecule has 6 heteroatoms. The Hall–Kier alpha value is -0.840. The first-order valence-corrected chi connectivity index (χ1v) is 7.92. The van der Waals surface area contributed by atoms with Crippen LogP contribution in [0.2, 0.25) is 5.02 Å². The molecule has 0 spiro atoms. The van der Waals surface area contributed by atoms with Gasteiger partial charge in [0.1, 0.15) is 5.82 Å². The van der Waals surface area contributed by atoms with Gasteiger partial charge in [0.25, 0.3) is 0 Å². The van der Waals surface area contributed by atoms with Crippen molar-refractivity contribution in [3.63, 3.8) is 0 Å². The summed E-state index contributed by atoms with van der Waals surface area (Å²) in [7, 11) is 0. The Morgan fingerprint density at radius 2 is 2.05 bits per heavy atom. The van der Waals surface area contributed by atoms with Crippen molar-refractivity contribution in [1.29, 1.82) is 0 Å². The van der Waals surface area contributed by atoms with Crippen molar-refractivity contribution in [1.82, 2.24) is 5.32 Å². The van der Waals surface area contributed by atoms with E-state index in [-0.39, 0.29) is 41.4 Å². The highest BCUT2D eigenvalue weighted by molar-refractivity contribution is 6.31. The minimum absolute atomic E-state index is 0. The summed E-state index contributed by atoms with van der Waals surface area (Å²) in [6.07, 6.45) is 5.79. The molecule has 1 fully saturated rings. The van der Waals surface area contributed by atoms with Gasteiger partial charge in [-0.3, -0.25) is 4.79 Å². The molecule has 1 aromatic carbocycles. The second kappa shape index (κ2) is 9.33. The van der Waals surface area contributed by atoms with E-state index < -0.39 is 5.82 Å². The molecule has 124 valence electrons. The topological polar surface area (TPSA) is 55.1 Å². The number of rotatable bonds is 5. The highest BCUT2D eigenvalue weighted by atomic mass is 35.5. The minimum atomic E-state index is -0.445. The third-order valence-corrected chi connectivity index (χ3v) is 4.57. The van der Waals surface area contributed by atoms with Crippen molar-refractivity contribution in [3.05, 3.63) is 34.6 Å². The molecule has 1 amide bonds.